The molecule has 0 aromatic carbocycles. The van der Waals surface area contributed by atoms with E-state index in [9.17, 15) is 13.6 Å². The third kappa shape index (κ3) is 4.90. The van der Waals surface area contributed by atoms with E-state index in [2.05, 4.69) is 0 Å². The van der Waals surface area contributed by atoms with Gasteiger partial charge in [-0.15, -0.1) is 24.8 Å². The van der Waals surface area contributed by atoms with E-state index in [1.165, 1.54) is 0 Å². The number of rotatable bonds is 5. The fraction of sp³-hybridized carbons (Fsp3) is 0.833. The normalized spacial score (nSPS) is 13.8. The summed E-state index contributed by atoms with van der Waals surface area (Å²) in [4.78, 5) is 10.3. The maximum atomic E-state index is 12.1. The zero-order valence-corrected chi connectivity index (χ0v) is 8.91. The number of aliphatic carboxylic acids is 1. The Morgan fingerprint density at radius 3 is 2.07 bits per heavy atom. The number of nitrogens with two attached hydrogens (primary N) is 2. The predicted molar refractivity (Wildman–Crippen MR) is 53.3 cm³/mol. The molecule has 0 fully saturated rings. The van der Waals surface area contributed by atoms with Crippen molar-refractivity contribution < 1.29 is 18.7 Å². The van der Waals surface area contributed by atoms with Gasteiger partial charge in [0.2, 0.25) is 0 Å². The third-order valence-electron chi connectivity index (χ3n) is 1.58. The smallest absolute Gasteiger partial charge is 0.329 e. The molecule has 0 unspecified atom stereocenters. The van der Waals surface area contributed by atoms with Crippen molar-refractivity contribution in [2.24, 2.45) is 11.5 Å². The zero-order chi connectivity index (χ0) is 9.78. The molecule has 0 rings (SSSR count). The second-order valence-corrected chi connectivity index (χ2v) is 2.54. The first kappa shape index (κ1) is 19.4. The summed E-state index contributed by atoms with van der Waals surface area (Å²) in [7, 11) is 0. The van der Waals surface area contributed by atoms with Gasteiger partial charge in [-0.2, -0.15) is 0 Å². The van der Waals surface area contributed by atoms with Gasteiger partial charge in [0.05, 0.1) is 0 Å². The van der Waals surface area contributed by atoms with E-state index < -0.39 is 17.9 Å². The summed E-state index contributed by atoms with van der Waals surface area (Å²) in [5, 5.41) is 8.38. The van der Waals surface area contributed by atoms with Crippen LogP contribution in [0.5, 0.6) is 0 Å². The SMILES string of the molecule is Cl.Cl.NCCC[C@](N)(C(=O)O)C(F)F. The van der Waals surface area contributed by atoms with E-state index in [0.717, 1.165) is 0 Å². The molecule has 0 aliphatic rings. The van der Waals surface area contributed by atoms with E-state index in [-0.39, 0.29) is 44.2 Å². The van der Waals surface area contributed by atoms with E-state index in [1.807, 2.05) is 0 Å². The summed E-state index contributed by atoms with van der Waals surface area (Å²) in [6.45, 7) is 0.152. The second-order valence-electron chi connectivity index (χ2n) is 2.54. The van der Waals surface area contributed by atoms with E-state index in [4.69, 9.17) is 16.6 Å². The van der Waals surface area contributed by atoms with Gasteiger partial charge in [-0.25, -0.2) is 13.6 Å². The van der Waals surface area contributed by atoms with Crippen LogP contribution < -0.4 is 11.5 Å². The minimum Gasteiger partial charge on any atom is -0.480 e. The number of carbonyl (C=O) groups is 1. The van der Waals surface area contributed by atoms with Crippen LogP contribution in [0.25, 0.3) is 0 Å². The largest absolute Gasteiger partial charge is 0.480 e. The Kier molecular flexibility index (Phi) is 11.3. The molecule has 0 bridgehead atoms. The van der Waals surface area contributed by atoms with Crippen LogP contribution in [0.4, 0.5) is 8.78 Å². The summed E-state index contributed by atoms with van der Waals surface area (Å²) >= 11 is 0. The molecular weight excluding hydrogens is 241 g/mol. The molecule has 0 aliphatic carbocycles. The molecule has 0 saturated heterocycles. The van der Waals surface area contributed by atoms with Gasteiger partial charge in [0.1, 0.15) is 0 Å². The highest BCUT2D eigenvalue weighted by atomic mass is 35.5. The molecule has 0 aromatic rings. The van der Waals surface area contributed by atoms with E-state index in [0.29, 0.717) is 0 Å². The molecule has 0 spiro atoms. The molecule has 0 saturated carbocycles. The second kappa shape index (κ2) is 8.16. The highest BCUT2D eigenvalue weighted by molar-refractivity contribution is 5.85. The van der Waals surface area contributed by atoms with E-state index in [1.54, 1.807) is 0 Å². The van der Waals surface area contributed by atoms with Crippen LogP contribution in [0, 0.1) is 0 Å². The molecular formula is C6H14Cl2F2N2O2. The number of hydrogen-bond acceptors (Lipinski definition) is 3. The molecule has 4 nitrogen and oxygen atoms in total. The van der Waals surface area contributed by atoms with Gasteiger partial charge in [-0.3, -0.25) is 0 Å². The molecule has 0 aliphatic heterocycles. The minimum absolute atomic E-state index is 0. The lowest BCUT2D eigenvalue weighted by Gasteiger charge is -2.22. The van der Waals surface area contributed by atoms with Crippen LogP contribution in [0.15, 0.2) is 0 Å². The Morgan fingerprint density at radius 1 is 1.43 bits per heavy atom. The van der Waals surface area contributed by atoms with Gasteiger partial charge in [-0.05, 0) is 19.4 Å². The molecule has 0 aromatic heterocycles. The third-order valence-corrected chi connectivity index (χ3v) is 1.58. The molecule has 0 heterocycles. The highest BCUT2D eigenvalue weighted by Gasteiger charge is 2.42. The van der Waals surface area contributed by atoms with Crippen molar-refractivity contribution in [3.63, 3.8) is 0 Å². The van der Waals surface area contributed by atoms with Gasteiger partial charge in [0.25, 0.3) is 6.43 Å². The minimum atomic E-state index is -3.07. The molecule has 5 N–H and O–H groups in total. The Balaban J connectivity index is -0.000000605. The van der Waals surface area contributed by atoms with Crippen molar-refractivity contribution in [2.45, 2.75) is 24.8 Å². The van der Waals surface area contributed by atoms with Crippen molar-refractivity contribution in [2.75, 3.05) is 6.54 Å². The fourth-order valence-electron chi connectivity index (χ4n) is 0.704. The van der Waals surface area contributed by atoms with Gasteiger partial charge >= 0.3 is 5.97 Å². The molecule has 0 radical (unpaired) electrons. The molecule has 14 heavy (non-hydrogen) atoms. The summed E-state index contributed by atoms with van der Waals surface area (Å²) in [5.74, 6) is -1.69. The van der Waals surface area contributed by atoms with Crippen LogP contribution in [0.1, 0.15) is 12.8 Å². The highest BCUT2D eigenvalue weighted by Crippen LogP contribution is 2.18. The Labute approximate surface area is 92.8 Å². The van der Waals surface area contributed by atoms with Crippen LogP contribution in [0.2, 0.25) is 0 Å². The molecule has 8 heteroatoms. The molecule has 1 atom stereocenters. The number of carboxylic acid groups (broad SMARTS) is 1. The van der Waals surface area contributed by atoms with Crippen LogP contribution in [-0.2, 0) is 4.79 Å². The van der Waals surface area contributed by atoms with Crippen molar-refractivity contribution >= 4 is 30.8 Å². The summed E-state index contributed by atoms with van der Waals surface area (Å²) in [6, 6.07) is 0. The first-order valence-electron chi connectivity index (χ1n) is 3.45. The predicted octanol–water partition coefficient (Wildman–Crippen LogP) is 0.616. The quantitative estimate of drug-likeness (QED) is 0.671. The van der Waals surface area contributed by atoms with E-state index >= 15 is 0 Å². The van der Waals surface area contributed by atoms with Crippen LogP contribution >= 0.6 is 24.8 Å². The lowest BCUT2D eigenvalue weighted by atomic mass is 9.95. The molecule has 0 amide bonds. The van der Waals surface area contributed by atoms with Crippen molar-refractivity contribution in [1.82, 2.24) is 0 Å². The Bertz CT molecular complexity index is 174. The standard InChI is InChI=1S/C6H12F2N2O2.2ClH/c7-4(8)6(10,5(11)12)2-1-3-9;;/h4H,1-3,9-10H2,(H,11,12);2*1H/t6-;;/m1../s1. The zero-order valence-electron chi connectivity index (χ0n) is 7.28. The maximum absolute atomic E-state index is 12.1. The average molecular weight is 255 g/mol. The number of alkyl halides is 2. The maximum Gasteiger partial charge on any atom is 0.329 e. The van der Waals surface area contributed by atoms with Gasteiger partial charge in [0, 0.05) is 0 Å². The summed E-state index contributed by atoms with van der Waals surface area (Å²) < 4.78 is 24.2. The Morgan fingerprint density at radius 2 is 1.86 bits per heavy atom. The van der Waals surface area contributed by atoms with Gasteiger partial charge in [0.15, 0.2) is 5.54 Å². The monoisotopic (exact) mass is 254 g/mol. The number of hydrogen-bond donors (Lipinski definition) is 3. The first-order chi connectivity index (χ1) is 5.45. The Hall–Kier alpha value is -0.170. The number of carboxylic acids is 1. The lowest BCUT2D eigenvalue weighted by Crippen LogP contribution is -2.54. The first-order valence-corrected chi connectivity index (χ1v) is 3.45. The molecule has 88 valence electrons. The topological polar surface area (TPSA) is 89.3 Å². The van der Waals surface area contributed by atoms with Crippen LogP contribution in [0.3, 0.4) is 0 Å². The average Bonchev–Trinajstić information content (AvgIpc) is 1.99. The lowest BCUT2D eigenvalue weighted by molar-refractivity contribution is -0.150. The van der Waals surface area contributed by atoms with Crippen LogP contribution in [-0.4, -0.2) is 29.6 Å². The van der Waals surface area contributed by atoms with Gasteiger partial charge in [-0.1, -0.05) is 0 Å². The summed E-state index contributed by atoms with van der Waals surface area (Å²) in [6.07, 6.45) is -3.20. The van der Waals surface area contributed by atoms with Gasteiger partial charge < -0.3 is 16.6 Å². The summed E-state index contributed by atoms with van der Waals surface area (Å²) in [5.41, 5.74) is 7.56. The number of halogens is 4. The van der Waals surface area contributed by atoms with Crippen molar-refractivity contribution in [3.8, 4) is 0 Å². The van der Waals surface area contributed by atoms with Crippen molar-refractivity contribution in [3.05, 3.63) is 0 Å². The van der Waals surface area contributed by atoms with Crippen molar-refractivity contribution in [1.29, 1.82) is 0 Å². The fourth-order valence-corrected chi connectivity index (χ4v) is 0.704.